The number of carbonyl (C=O) groups excluding carboxylic acids is 1. The number of halogens is 2. The van der Waals surface area contributed by atoms with Gasteiger partial charge in [-0.25, -0.2) is 14.4 Å². The van der Waals surface area contributed by atoms with Gasteiger partial charge in [0, 0.05) is 11.8 Å². The zero-order valence-electron chi connectivity index (χ0n) is 15.7. The molecule has 144 valence electrons. The number of aromatic nitrogens is 2. The van der Waals surface area contributed by atoms with Gasteiger partial charge in [-0.3, -0.25) is 9.69 Å². The molecule has 0 fully saturated rings. The van der Waals surface area contributed by atoms with Gasteiger partial charge in [0.05, 0.1) is 10.7 Å². The van der Waals surface area contributed by atoms with Crippen molar-refractivity contribution in [3.8, 4) is 11.3 Å². The summed E-state index contributed by atoms with van der Waals surface area (Å²) >= 11 is 7.66. The van der Waals surface area contributed by atoms with Crippen molar-refractivity contribution in [1.29, 1.82) is 0 Å². The number of anilines is 2. The average molecular weight is 416 g/mol. The Labute approximate surface area is 172 Å². The summed E-state index contributed by atoms with van der Waals surface area (Å²) in [7, 11) is 0. The Morgan fingerprint density at radius 3 is 2.57 bits per heavy atom. The van der Waals surface area contributed by atoms with Crippen molar-refractivity contribution in [2.75, 3.05) is 11.2 Å². The second-order valence-corrected chi connectivity index (χ2v) is 7.57. The predicted octanol–water partition coefficient (Wildman–Crippen LogP) is 6.08. The molecular formula is C21H19ClFN3OS. The highest BCUT2D eigenvalue weighted by Gasteiger charge is 2.22. The number of rotatable bonds is 6. The molecule has 1 amide bonds. The van der Waals surface area contributed by atoms with E-state index in [0.717, 1.165) is 5.56 Å². The predicted molar refractivity (Wildman–Crippen MR) is 113 cm³/mol. The van der Waals surface area contributed by atoms with Gasteiger partial charge in [-0.15, -0.1) is 11.8 Å². The molecule has 3 aromatic rings. The van der Waals surface area contributed by atoms with E-state index in [0.29, 0.717) is 33.5 Å². The molecule has 0 aliphatic heterocycles. The maximum Gasteiger partial charge on any atom is 0.220 e. The van der Waals surface area contributed by atoms with Gasteiger partial charge in [0.15, 0.2) is 0 Å². The van der Waals surface area contributed by atoms with E-state index in [9.17, 15) is 9.18 Å². The van der Waals surface area contributed by atoms with E-state index in [-0.39, 0.29) is 11.6 Å². The maximum absolute atomic E-state index is 14.5. The fourth-order valence-corrected chi connectivity index (χ4v) is 3.74. The van der Waals surface area contributed by atoms with Crippen LogP contribution in [-0.4, -0.2) is 22.6 Å². The molecule has 4 nitrogen and oxygen atoms in total. The number of hydrogen-bond donors (Lipinski definition) is 0. The SMILES string of the molecule is CSc1nccc(C(C)C)c1N(C=O)c1ccc(F)c(-c2ccccc2Cl)n1. The number of amides is 1. The van der Waals surface area contributed by atoms with Gasteiger partial charge in [-0.1, -0.05) is 43.6 Å². The van der Waals surface area contributed by atoms with Crippen LogP contribution in [0.2, 0.25) is 5.02 Å². The molecule has 28 heavy (non-hydrogen) atoms. The number of benzene rings is 1. The van der Waals surface area contributed by atoms with Crippen molar-refractivity contribution in [1.82, 2.24) is 9.97 Å². The van der Waals surface area contributed by atoms with E-state index in [1.165, 1.54) is 28.8 Å². The van der Waals surface area contributed by atoms with Crippen molar-refractivity contribution in [3.05, 3.63) is 65.1 Å². The minimum atomic E-state index is -0.511. The third kappa shape index (κ3) is 3.88. The molecule has 0 N–H and O–H groups in total. The van der Waals surface area contributed by atoms with Gasteiger partial charge in [0.1, 0.15) is 22.4 Å². The lowest BCUT2D eigenvalue weighted by molar-refractivity contribution is -0.106. The van der Waals surface area contributed by atoms with E-state index >= 15 is 0 Å². The summed E-state index contributed by atoms with van der Waals surface area (Å²) < 4.78 is 14.5. The normalized spacial score (nSPS) is 10.9. The zero-order valence-corrected chi connectivity index (χ0v) is 17.3. The molecule has 0 saturated carbocycles. The summed E-state index contributed by atoms with van der Waals surface area (Å²) in [6.45, 7) is 4.08. The van der Waals surface area contributed by atoms with Crippen LogP contribution in [0.5, 0.6) is 0 Å². The number of hydrogen-bond acceptors (Lipinski definition) is 4. The quantitative estimate of drug-likeness (QED) is 0.361. The van der Waals surface area contributed by atoms with Gasteiger partial charge in [-0.05, 0) is 42.0 Å². The summed E-state index contributed by atoms with van der Waals surface area (Å²) in [5, 5.41) is 1.08. The first-order chi connectivity index (χ1) is 13.5. The van der Waals surface area contributed by atoms with Gasteiger partial charge in [-0.2, -0.15) is 0 Å². The van der Waals surface area contributed by atoms with Crippen LogP contribution in [0.3, 0.4) is 0 Å². The maximum atomic E-state index is 14.5. The molecule has 1 aromatic carbocycles. The summed E-state index contributed by atoms with van der Waals surface area (Å²) in [5.41, 5.74) is 2.17. The minimum Gasteiger partial charge on any atom is -0.278 e. The standard InChI is InChI=1S/C21H19ClFN3OS/c1-13(2)14-10-11-24-21(28-3)20(14)26(12-27)18-9-8-17(23)19(25-18)15-6-4-5-7-16(15)22/h4-13H,1-3H3. The van der Waals surface area contributed by atoms with Crippen LogP contribution in [0.1, 0.15) is 25.3 Å². The Bertz CT molecular complexity index is 1010. The highest BCUT2D eigenvalue weighted by Crippen LogP contribution is 2.38. The minimum absolute atomic E-state index is 0.0932. The largest absolute Gasteiger partial charge is 0.278 e. The topological polar surface area (TPSA) is 46.1 Å². The van der Waals surface area contributed by atoms with E-state index in [1.54, 1.807) is 30.5 Å². The van der Waals surface area contributed by atoms with Gasteiger partial charge >= 0.3 is 0 Å². The second kappa shape index (κ2) is 8.71. The molecule has 0 radical (unpaired) electrons. The van der Waals surface area contributed by atoms with Crippen molar-refractivity contribution in [2.24, 2.45) is 0 Å². The molecule has 0 saturated heterocycles. The molecular weight excluding hydrogens is 397 g/mol. The fraction of sp³-hybridized carbons (Fsp3) is 0.190. The van der Waals surface area contributed by atoms with Crippen molar-refractivity contribution in [3.63, 3.8) is 0 Å². The molecule has 2 heterocycles. The lowest BCUT2D eigenvalue weighted by Crippen LogP contribution is -2.19. The van der Waals surface area contributed by atoms with Crippen molar-refractivity contribution < 1.29 is 9.18 Å². The van der Waals surface area contributed by atoms with Crippen LogP contribution in [0, 0.1) is 5.82 Å². The summed E-state index contributed by atoms with van der Waals surface area (Å²) in [6.07, 6.45) is 4.30. The molecule has 0 spiro atoms. The Morgan fingerprint density at radius 1 is 1.18 bits per heavy atom. The molecule has 0 atom stereocenters. The Morgan fingerprint density at radius 2 is 1.93 bits per heavy atom. The third-order valence-electron chi connectivity index (χ3n) is 4.29. The van der Waals surface area contributed by atoms with Crippen LogP contribution in [0.25, 0.3) is 11.3 Å². The van der Waals surface area contributed by atoms with E-state index in [4.69, 9.17) is 11.6 Å². The number of carbonyl (C=O) groups is 1. The summed E-state index contributed by atoms with van der Waals surface area (Å²) in [4.78, 5) is 22.3. The Hall–Kier alpha value is -2.44. The van der Waals surface area contributed by atoms with E-state index < -0.39 is 5.82 Å². The van der Waals surface area contributed by atoms with Crippen LogP contribution in [-0.2, 0) is 4.79 Å². The summed E-state index contributed by atoms with van der Waals surface area (Å²) in [5.74, 6) is -0.0468. The highest BCUT2D eigenvalue weighted by molar-refractivity contribution is 7.98. The monoisotopic (exact) mass is 415 g/mol. The zero-order chi connectivity index (χ0) is 20.3. The Balaban J connectivity index is 2.20. The smallest absolute Gasteiger partial charge is 0.220 e. The molecule has 0 aliphatic carbocycles. The lowest BCUT2D eigenvalue weighted by atomic mass is 10.0. The molecule has 3 rings (SSSR count). The molecule has 0 unspecified atom stereocenters. The molecule has 2 aromatic heterocycles. The molecule has 7 heteroatoms. The van der Waals surface area contributed by atoms with Crippen LogP contribution < -0.4 is 4.90 Å². The number of nitrogens with zero attached hydrogens (tertiary/aromatic N) is 3. The lowest BCUT2D eigenvalue weighted by Gasteiger charge is -2.24. The average Bonchev–Trinajstić information content (AvgIpc) is 2.70. The van der Waals surface area contributed by atoms with Gasteiger partial charge in [0.2, 0.25) is 6.41 Å². The van der Waals surface area contributed by atoms with Gasteiger partial charge in [0.25, 0.3) is 0 Å². The first-order valence-corrected chi connectivity index (χ1v) is 10.3. The molecule has 0 bridgehead atoms. The first kappa shape index (κ1) is 20.3. The van der Waals surface area contributed by atoms with E-state index in [2.05, 4.69) is 9.97 Å². The number of thioether (sulfide) groups is 1. The van der Waals surface area contributed by atoms with Crippen molar-refractivity contribution >= 4 is 41.3 Å². The fourth-order valence-electron chi connectivity index (χ4n) is 2.94. The molecule has 0 aliphatic rings. The van der Waals surface area contributed by atoms with E-state index in [1.807, 2.05) is 26.2 Å². The van der Waals surface area contributed by atoms with Crippen LogP contribution >= 0.6 is 23.4 Å². The Kier molecular flexibility index (Phi) is 6.31. The van der Waals surface area contributed by atoms with Crippen LogP contribution in [0.15, 0.2) is 53.7 Å². The first-order valence-electron chi connectivity index (χ1n) is 8.66. The number of pyridine rings is 2. The van der Waals surface area contributed by atoms with Crippen LogP contribution in [0.4, 0.5) is 15.9 Å². The highest BCUT2D eigenvalue weighted by atomic mass is 35.5. The van der Waals surface area contributed by atoms with Crippen molar-refractivity contribution in [2.45, 2.75) is 24.8 Å². The summed E-state index contributed by atoms with van der Waals surface area (Å²) in [6, 6.07) is 11.5. The third-order valence-corrected chi connectivity index (χ3v) is 5.31. The van der Waals surface area contributed by atoms with Gasteiger partial charge < -0.3 is 0 Å². The second-order valence-electron chi connectivity index (χ2n) is 6.37.